The SMILES string of the molecule is Clc1ccc2c(n1)-n1cc(I)nc1CCO2. The van der Waals surface area contributed by atoms with Gasteiger partial charge in [0, 0.05) is 12.6 Å². The quantitative estimate of drug-likeness (QED) is 0.543. The lowest BCUT2D eigenvalue weighted by atomic mass is 10.4. The molecule has 6 heteroatoms. The number of halogens is 2. The molecule has 0 aromatic carbocycles. The van der Waals surface area contributed by atoms with Crippen molar-refractivity contribution >= 4 is 34.2 Å². The summed E-state index contributed by atoms with van der Waals surface area (Å²) in [6.07, 6.45) is 2.71. The van der Waals surface area contributed by atoms with Gasteiger partial charge in [0.2, 0.25) is 0 Å². The fourth-order valence-electron chi connectivity index (χ4n) is 1.70. The number of rotatable bonds is 0. The van der Waals surface area contributed by atoms with Crippen LogP contribution in [0.5, 0.6) is 5.75 Å². The van der Waals surface area contributed by atoms with Gasteiger partial charge >= 0.3 is 0 Å². The standard InChI is InChI=1S/C10H7ClIN3O/c11-7-2-1-6-10(13-7)15-5-8(12)14-9(15)3-4-16-6/h1-2,5H,3-4H2. The zero-order valence-electron chi connectivity index (χ0n) is 8.15. The molecule has 3 rings (SSSR count). The van der Waals surface area contributed by atoms with E-state index in [0.717, 1.165) is 27.5 Å². The molecule has 0 spiro atoms. The normalized spacial score (nSPS) is 13.6. The van der Waals surface area contributed by atoms with Gasteiger partial charge in [-0.2, -0.15) is 0 Å². The van der Waals surface area contributed by atoms with Crippen LogP contribution in [0.15, 0.2) is 18.3 Å². The van der Waals surface area contributed by atoms with E-state index in [-0.39, 0.29) is 0 Å². The van der Waals surface area contributed by atoms with Crippen molar-refractivity contribution < 1.29 is 4.74 Å². The minimum atomic E-state index is 0.457. The van der Waals surface area contributed by atoms with Gasteiger partial charge in [0.25, 0.3) is 0 Å². The highest BCUT2D eigenvalue weighted by molar-refractivity contribution is 14.1. The maximum absolute atomic E-state index is 5.90. The summed E-state index contributed by atoms with van der Waals surface area (Å²) in [4.78, 5) is 8.71. The summed E-state index contributed by atoms with van der Waals surface area (Å²) in [7, 11) is 0. The Labute approximate surface area is 111 Å². The molecular weight excluding hydrogens is 340 g/mol. The zero-order valence-corrected chi connectivity index (χ0v) is 11.1. The van der Waals surface area contributed by atoms with E-state index in [9.17, 15) is 0 Å². The summed E-state index contributed by atoms with van der Waals surface area (Å²) in [6.45, 7) is 0.614. The van der Waals surface area contributed by atoms with Crippen molar-refractivity contribution in [1.82, 2.24) is 14.5 Å². The average Bonchev–Trinajstić information content (AvgIpc) is 2.54. The Bertz CT molecular complexity index is 555. The van der Waals surface area contributed by atoms with Crippen molar-refractivity contribution in [3.8, 4) is 11.6 Å². The number of fused-ring (bicyclic) bond motifs is 3. The summed E-state index contributed by atoms with van der Waals surface area (Å²) in [6, 6.07) is 3.57. The number of aromatic nitrogens is 3. The summed E-state index contributed by atoms with van der Waals surface area (Å²) >= 11 is 8.09. The molecule has 0 saturated carbocycles. The van der Waals surface area contributed by atoms with E-state index >= 15 is 0 Å². The van der Waals surface area contributed by atoms with Gasteiger partial charge in [0.15, 0.2) is 11.6 Å². The van der Waals surface area contributed by atoms with Crippen molar-refractivity contribution in [3.05, 3.63) is 33.0 Å². The van der Waals surface area contributed by atoms with E-state index in [1.807, 2.05) is 16.8 Å². The summed E-state index contributed by atoms with van der Waals surface area (Å²) in [5.41, 5.74) is 0. The number of ether oxygens (including phenoxy) is 1. The molecular formula is C10H7ClIN3O. The first-order chi connectivity index (χ1) is 7.74. The first-order valence-corrected chi connectivity index (χ1v) is 6.23. The lowest BCUT2D eigenvalue weighted by molar-refractivity contribution is 0.324. The molecule has 0 radical (unpaired) electrons. The van der Waals surface area contributed by atoms with E-state index < -0.39 is 0 Å². The van der Waals surface area contributed by atoms with Crippen LogP contribution < -0.4 is 4.74 Å². The van der Waals surface area contributed by atoms with Crippen molar-refractivity contribution in [3.63, 3.8) is 0 Å². The van der Waals surface area contributed by atoms with Crippen molar-refractivity contribution in [2.45, 2.75) is 6.42 Å². The number of pyridine rings is 1. The predicted octanol–water partition coefficient (Wildman–Crippen LogP) is 2.46. The zero-order chi connectivity index (χ0) is 11.1. The van der Waals surface area contributed by atoms with Gasteiger partial charge in [0.1, 0.15) is 14.7 Å². The molecule has 82 valence electrons. The average molecular weight is 348 g/mol. The number of hydrogen-bond acceptors (Lipinski definition) is 3. The minimum Gasteiger partial charge on any atom is -0.489 e. The van der Waals surface area contributed by atoms with Gasteiger partial charge in [0.05, 0.1) is 6.61 Å². The molecule has 2 aromatic rings. The fraction of sp³-hybridized carbons (Fsp3) is 0.200. The molecule has 0 aliphatic carbocycles. The van der Waals surface area contributed by atoms with Crippen LogP contribution in [0.4, 0.5) is 0 Å². The van der Waals surface area contributed by atoms with E-state index in [1.165, 1.54) is 0 Å². The molecule has 2 aromatic heterocycles. The lowest BCUT2D eigenvalue weighted by Gasteiger charge is -2.07. The van der Waals surface area contributed by atoms with Crippen LogP contribution in [0.2, 0.25) is 5.15 Å². The van der Waals surface area contributed by atoms with Gasteiger partial charge in [-0.3, -0.25) is 4.57 Å². The second-order valence-corrected chi connectivity index (χ2v) is 4.90. The minimum absolute atomic E-state index is 0.457. The van der Waals surface area contributed by atoms with Crippen LogP contribution in [-0.2, 0) is 6.42 Å². The Balaban J connectivity index is 2.27. The molecule has 0 N–H and O–H groups in total. The van der Waals surface area contributed by atoms with E-state index in [0.29, 0.717) is 11.8 Å². The van der Waals surface area contributed by atoms with Crippen LogP contribution in [0.1, 0.15) is 5.82 Å². The molecule has 0 unspecified atom stereocenters. The Hall–Kier alpha value is -0.820. The Kier molecular flexibility index (Phi) is 2.51. The molecule has 0 fully saturated rings. The summed E-state index contributed by atoms with van der Waals surface area (Å²) < 4.78 is 8.49. The maximum atomic E-state index is 5.90. The van der Waals surface area contributed by atoms with E-state index in [1.54, 1.807) is 6.07 Å². The fourth-order valence-corrected chi connectivity index (χ4v) is 2.40. The Morgan fingerprint density at radius 2 is 2.25 bits per heavy atom. The van der Waals surface area contributed by atoms with Gasteiger partial charge in [-0.15, -0.1) is 0 Å². The van der Waals surface area contributed by atoms with Crippen molar-refractivity contribution in [2.75, 3.05) is 6.61 Å². The van der Waals surface area contributed by atoms with Crippen LogP contribution in [0, 0.1) is 3.70 Å². The third kappa shape index (κ3) is 1.67. The Morgan fingerprint density at radius 3 is 3.12 bits per heavy atom. The van der Waals surface area contributed by atoms with Gasteiger partial charge in [-0.25, -0.2) is 9.97 Å². The molecule has 4 nitrogen and oxygen atoms in total. The van der Waals surface area contributed by atoms with Gasteiger partial charge in [-0.05, 0) is 34.7 Å². The highest BCUT2D eigenvalue weighted by Crippen LogP contribution is 2.27. The summed E-state index contributed by atoms with van der Waals surface area (Å²) in [5.74, 6) is 2.42. The van der Waals surface area contributed by atoms with Crippen LogP contribution in [0.25, 0.3) is 5.82 Å². The largest absolute Gasteiger partial charge is 0.489 e. The first-order valence-electron chi connectivity index (χ1n) is 4.77. The van der Waals surface area contributed by atoms with Crippen LogP contribution in [-0.4, -0.2) is 21.1 Å². The smallest absolute Gasteiger partial charge is 0.182 e. The Morgan fingerprint density at radius 1 is 1.38 bits per heavy atom. The first kappa shape index (κ1) is 10.3. The maximum Gasteiger partial charge on any atom is 0.182 e. The van der Waals surface area contributed by atoms with Crippen LogP contribution in [0.3, 0.4) is 0 Å². The van der Waals surface area contributed by atoms with E-state index in [2.05, 4.69) is 32.6 Å². The molecule has 16 heavy (non-hydrogen) atoms. The van der Waals surface area contributed by atoms with Crippen LogP contribution >= 0.6 is 34.2 Å². The van der Waals surface area contributed by atoms with Gasteiger partial charge in [-0.1, -0.05) is 11.6 Å². The second-order valence-electron chi connectivity index (χ2n) is 3.40. The lowest BCUT2D eigenvalue weighted by Crippen LogP contribution is -2.01. The van der Waals surface area contributed by atoms with Crippen molar-refractivity contribution in [2.24, 2.45) is 0 Å². The molecule has 1 aliphatic heterocycles. The predicted molar refractivity (Wildman–Crippen MR) is 68.3 cm³/mol. The number of nitrogens with zero attached hydrogens (tertiary/aromatic N) is 3. The van der Waals surface area contributed by atoms with Crippen molar-refractivity contribution in [1.29, 1.82) is 0 Å². The van der Waals surface area contributed by atoms with Gasteiger partial charge < -0.3 is 4.74 Å². The molecule has 0 bridgehead atoms. The summed E-state index contributed by atoms with van der Waals surface area (Å²) in [5, 5.41) is 0.457. The number of hydrogen-bond donors (Lipinski definition) is 0. The molecule has 0 atom stereocenters. The highest BCUT2D eigenvalue weighted by Gasteiger charge is 2.18. The van der Waals surface area contributed by atoms with E-state index in [4.69, 9.17) is 16.3 Å². The molecule has 0 saturated heterocycles. The third-order valence-electron chi connectivity index (χ3n) is 2.37. The number of imidazole rings is 1. The topological polar surface area (TPSA) is 39.9 Å². The highest BCUT2D eigenvalue weighted by atomic mass is 127. The third-order valence-corrected chi connectivity index (χ3v) is 3.10. The monoisotopic (exact) mass is 347 g/mol. The second kappa shape index (κ2) is 3.89. The molecule has 0 amide bonds. The molecule has 3 heterocycles. The molecule has 1 aliphatic rings.